The third-order valence-electron chi connectivity index (χ3n) is 8.85. The van der Waals surface area contributed by atoms with Crippen LogP contribution in [-0.2, 0) is 0 Å². The van der Waals surface area contributed by atoms with E-state index in [1.807, 2.05) is 61.2 Å². The van der Waals surface area contributed by atoms with Crippen LogP contribution in [0.3, 0.4) is 0 Å². The van der Waals surface area contributed by atoms with E-state index in [1.54, 1.807) is 0 Å². The fraction of sp³-hybridized carbons (Fsp3) is 0.302. The van der Waals surface area contributed by atoms with Crippen LogP contribution in [0.4, 0.5) is 11.4 Å². The fourth-order valence-corrected chi connectivity index (χ4v) is 6.63. The Morgan fingerprint density at radius 3 is 1.19 bits per heavy atom. The number of benzene rings is 3. The van der Waals surface area contributed by atoms with Crippen LogP contribution in [0, 0.1) is 6.92 Å². The average Bonchev–Trinajstić information content (AvgIpc) is 3.07. The zero-order valence-electron chi connectivity index (χ0n) is 29.7. The quantitative estimate of drug-likeness (QED) is 0.136. The van der Waals surface area contributed by atoms with Crippen LogP contribution in [0.15, 0.2) is 99.6 Å². The third-order valence-corrected chi connectivity index (χ3v) is 9.31. The molecule has 0 amide bonds. The van der Waals surface area contributed by atoms with Crippen molar-refractivity contribution in [3.63, 3.8) is 0 Å². The average molecular weight is 700 g/mol. The molecule has 0 saturated heterocycles. The summed E-state index contributed by atoms with van der Waals surface area (Å²) in [5.74, 6) is 1.19. The topological polar surface area (TPSA) is 50.5 Å². The van der Waals surface area contributed by atoms with Gasteiger partial charge in [-0.3, -0.25) is 20.0 Å². The maximum Gasteiger partial charge on any atom is 0.0812 e. The van der Waals surface area contributed by atoms with Crippen molar-refractivity contribution in [1.82, 2.24) is 9.97 Å². The van der Waals surface area contributed by atoms with E-state index in [0.717, 1.165) is 27.2 Å². The van der Waals surface area contributed by atoms with E-state index < -0.39 is 0 Å². The first-order valence-corrected chi connectivity index (χ1v) is 17.8. The lowest BCUT2D eigenvalue weighted by Gasteiger charge is -2.22. The summed E-state index contributed by atoms with van der Waals surface area (Å²) in [7, 11) is 0. The van der Waals surface area contributed by atoms with Crippen molar-refractivity contribution >= 4 is 39.7 Å². The minimum Gasteiger partial charge on any atom is -0.255 e. The first-order chi connectivity index (χ1) is 22.9. The van der Waals surface area contributed by atoms with E-state index in [2.05, 4.69) is 125 Å². The van der Waals surface area contributed by atoms with E-state index >= 15 is 0 Å². The van der Waals surface area contributed by atoms with Gasteiger partial charge in [-0.1, -0.05) is 83.5 Å². The normalized spacial score (nSPS) is 12.1. The Labute approximate surface area is 295 Å². The number of hydrogen-bond acceptors (Lipinski definition) is 4. The van der Waals surface area contributed by atoms with Crippen molar-refractivity contribution in [2.75, 3.05) is 0 Å². The lowest BCUT2D eigenvalue weighted by molar-refractivity contribution is 0.835. The Bertz CT molecular complexity index is 1740. The van der Waals surface area contributed by atoms with Gasteiger partial charge in [0.25, 0.3) is 0 Å². The molecule has 2 heterocycles. The molecule has 4 nitrogen and oxygen atoms in total. The fourth-order valence-electron chi connectivity index (χ4n) is 6.17. The zero-order chi connectivity index (χ0) is 34.5. The molecule has 5 aromatic rings. The van der Waals surface area contributed by atoms with Gasteiger partial charge in [-0.2, -0.15) is 0 Å². The minimum atomic E-state index is 0.298. The molecular weight excluding hydrogens is 652 g/mol. The van der Waals surface area contributed by atoms with Gasteiger partial charge in [0.2, 0.25) is 0 Å². The Morgan fingerprint density at radius 1 is 0.542 bits per heavy atom. The van der Waals surface area contributed by atoms with E-state index in [4.69, 9.17) is 9.98 Å². The van der Waals surface area contributed by atoms with Crippen LogP contribution in [0.25, 0.3) is 22.3 Å². The summed E-state index contributed by atoms with van der Waals surface area (Å²) in [5, 5.41) is 0. The molecule has 3 aromatic carbocycles. The number of hydrogen-bond donors (Lipinski definition) is 0. The highest BCUT2D eigenvalue weighted by atomic mass is 79.9. The molecule has 0 unspecified atom stereocenters. The van der Waals surface area contributed by atoms with E-state index in [-0.39, 0.29) is 0 Å². The van der Waals surface area contributed by atoms with Gasteiger partial charge in [-0.25, -0.2) is 0 Å². The molecule has 0 N–H and O–H groups in total. The first kappa shape index (κ1) is 35.1. The Balaban J connectivity index is 1.68. The van der Waals surface area contributed by atoms with Gasteiger partial charge in [-0.15, -0.1) is 0 Å². The van der Waals surface area contributed by atoms with Gasteiger partial charge in [0, 0.05) is 16.9 Å². The first-order valence-electron chi connectivity index (χ1n) is 17.0. The molecule has 5 rings (SSSR count). The summed E-state index contributed by atoms with van der Waals surface area (Å²) in [6.07, 6.45) is 7.39. The maximum atomic E-state index is 5.04. The molecule has 0 fully saturated rings. The standard InChI is InChI=1S/C43H47BrN4/c1-26(2)36-18-31(19-37(27(3)4)42(36)47-24-34-14-10-12-16-45-34)40-22-33(44)23-41(30(40)9)32-20-38(28(5)6)43(39(21-32)29(7)8)48-25-35-15-11-13-17-46-35/h10-29H,1-9H3. The molecule has 0 aliphatic heterocycles. The van der Waals surface area contributed by atoms with Crippen LogP contribution in [0.1, 0.15) is 118 Å². The zero-order valence-corrected chi connectivity index (χ0v) is 31.3. The van der Waals surface area contributed by atoms with Crippen molar-refractivity contribution in [3.05, 3.63) is 129 Å². The van der Waals surface area contributed by atoms with Crippen LogP contribution in [-0.4, -0.2) is 22.4 Å². The third kappa shape index (κ3) is 7.90. The van der Waals surface area contributed by atoms with Crippen molar-refractivity contribution in [2.45, 2.75) is 86.0 Å². The Kier molecular flexibility index (Phi) is 11.2. The van der Waals surface area contributed by atoms with E-state index in [1.165, 1.54) is 50.1 Å². The predicted molar refractivity (Wildman–Crippen MR) is 209 cm³/mol. The smallest absolute Gasteiger partial charge is 0.0812 e. The molecule has 0 radical (unpaired) electrons. The van der Waals surface area contributed by atoms with Gasteiger partial charge in [-0.05, 0) is 141 Å². The van der Waals surface area contributed by atoms with E-state index in [9.17, 15) is 0 Å². The molecule has 0 saturated carbocycles. The molecule has 5 heteroatoms. The van der Waals surface area contributed by atoms with E-state index in [0.29, 0.717) is 23.7 Å². The highest BCUT2D eigenvalue weighted by Gasteiger charge is 2.21. The summed E-state index contributed by atoms with van der Waals surface area (Å²) in [6, 6.07) is 25.7. The summed E-state index contributed by atoms with van der Waals surface area (Å²) < 4.78 is 1.06. The number of halogens is 1. The van der Waals surface area contributed by atoms with Gasteiger partial charge >= 0.3 is 0 Å². The molecule has 0 bridgehead atoms. The number of aliphatic imine (C=N–C) groups is 2. The van der Waals surface area contributed by atoms with Crippen LogP contribution in [0.5, 0.6) is 0 Å². The summed E-state index contributed by atoms with van der Waals surface area (Å²) in [4.78, 5) is 19.0. The van der Waals surface area contributed by atoms with Crippen molar-refractivity contribution in [1.29, 1.82) is 0 Å². The molecular formula is C43H47BrN4. The SMILES string of the molecule is Cc1c(-c2cc(C(C)C)c(N=Cc3ccccn3)c(C(C)C)c2)cc(Br)cc1-c1cc(C(C)C)c(N=Cc2ccccn2)c(C(C)C)c1. The highest BCUT2D eigenvalue weighted by Crippen LogP contribution is 2.44. The number of aromatic nitrogens is 2. The van der Waals surface area contributed by atoms with Crippen LogP contribution >= 0.6 is 15.9 Å². The largest absolute Gasteiger partial charge is 0.255 e. The molecule has 2 aromatic heterocycles. The van der Waals surface area contributed by atoms with Crippen LogP contribution in [0.2, 0.25) is 0 Å². The number of rotatable bonds is 10. The predicted octanol–water partition coefficient (Wildman–Crippen LogP) is 12.9. The lowest BCUT2D eigenvalue weighted by atomic mass is 9.84. The summed E-state index contributed by atoms with van der Waals surface area (Å²) in [6.45, 7) is 20.3. The van der Waals surface area contributed by atoms with Gasteiger partial charge in [0.1, 0.15) is 0 Å². The maximum absolute atomic E-state index is 5.04. The van der Waals surface area contributed by atoms with Gasteiger partial charge in [0.05, 0.1) is 35.2 Å². The second kappa shape index (κ2) is 15.3. The second-order valence-corrected chi connectivity index (χ2v) is 14.7. The van der Waals surface area contributed by atoms with Crippen molar-refractivity contribution < 1.29 is 0 Å². The molecule has 246 valence electrons. The number of nitrogens with zero attached hydrogens (tertiary/aromatic N) is 4. The van der Waals surface area contributed by atoms with Crippen LogP contribution < -0.4 is 0 Å². The Hall–Kier alpha value is -4.22. The minimum absolute atomic E-state index is 0.298. The van der Waals surface area contributed by atoms with Gasteiger partial charge < -0.3 is 0 Å². The number of pyridine rings is 2. The molecule has 0 spiro atoms. The van der Waals surface area contributed by atoms with Gasteiger partial charge in [0.15, 0.2) is 0 Å². The summed E-state index contributed by atoms with van der Waals surface area (Å²) >= 11 is 3.90. The highest BCUT2D eigenvalue weighted by molar-refractivity contribution is 9.10. The summed E-state index contributed by atoms with van der Waals surface area (Å²) in [5.41, 5.74) is 14.9. The monoisotopic (exact) mass is 698 g/mol. The second-order valence-electron chi connectivity index (χ2n) is 13.8. The Morgan fingerprint density at radius 2 is 0.896 bits per heavy atom. The molecule has 0 atom stereocenters. The molecule has 0 aliphatic carbocycles. The molecule has 48 heavy (non-hydrogen) atoms. The van der Waals surface area contributed by atoms with Crippen molar-refractivity contribution in [2.24, 2.45) is 9.98 Å². The van der Waals surface area contributed by atoms with Crippen molar-refractivity contribution in [3.8, 4) is 22.3 Å². The lowest BCUT2D eigenvalue weighted by Crippen LogP contribution is -2.00. The molecule has 0 aliphatic rings.